The minimum Gasteiger partial charge on any atom is -0.260 e. The smallest absolute Gasteiger partial charge is 0.260 e. The molecule has 1 aromatic carbocycles. The summed E-state index contributed by atoms with van der Waals surface area (Å²) in [5.74, 6) is 0.546. The minimum atomic E-state index is -4.30. The SMILES string of the molecule is FC(F)(F)c1ccc(C=Cc2ncn[nH]2)cc1. The lowest BCUT2D eigenvalue weighted by atomic mass is 10.1. The molecule has 2 rings (SSSR count). The normalized spacial score (nSPS) is 12.2. The highest BCUT2D eigenvalue weighted by Crippen LogP contribution is 2.29. The van der Waals surface area contributed by atoms with Gasteiger partial charge in [-0.1, -0.05) is 18.2 Å². The Labute approximate surface area is 95.0 Å². The first-order chi connectivity index (χ1) is 8.05. The summed E-state index contributed by atoms with van der Waals surface area (Å²) >= 11 is 0. The molecule has 0 aliphatic heterocycles. The van der Waals surface area contributed by atoms with E-state index >= 15 is 0 Å². The van der Waals surface area contributed by atoms with Gasteiger partial charge in [-0.25, -0.2) is 4.98 Å². The number of hydrogen-bond donors (Lipinski definition) is 1. The molecule has 0 unspecified atom stereocenters. The molecule has 0 atom stereocenters. The summed E-state index contributed by atoms with van der Waals surface area (Å²) in [5, 5.41) is 6.26. The molecule has 0 radical (unpaired) electrons. The molecule has 0 fully saturated rings. The van der Waals surface area contributed by atoms with E-state index in [9.17, 15) is 13.2 Å². The average Bonchev–Trinajstić information content (AvgIpc) is 2.78. The van der Waals surface area contributed by atoms with E-state index in [0.29, 0.717) is 11.4 Å². The molecule has 0 aliphatic carbocycles. The maximum atomic E-state index is 12.3. The number of alkyl halides is 3. The Morgan fingerprint density at radius 3 is 2.29 bits per heavy atom. The number of nitrogens with one attached hydrogen (secondary N) is 1. The molecule has 0 amide bonds. The molecule has 17 heavy (non-hydrogen) atoms. The third-order valence-corrected chi connectivity index (χ3v) is 2.11. The van der Waals surface area contributed by atoms with E-state index < -0.39 is 11.7 Å². The van der Waals surface area contributed by atoms with Gasteiger partial charge in [-0.2, -0.15) is 18.3 Å². The number of aromatic nitrogens is 3. The number of benzene rings is 1. The molecule has 0 spiro atoms. The first-order valence-corrected chi connectivity index (χ1v) is 4.76. The van der Waals surface area contributed by atoms with Crippen molar-refractivity contribution in [3.05, 3.63) is 47.5 Å². The summed E-state index contributed by atoms with van der Waals surface area (Å²) in [6, 6.07) is 4.88. The highest BCUT2D eigenvalue weighted by atomic mass is 19.4. The van der Waals surface area contributed by atoms with E-state index in [0.717, 1.165) is 12.1 Å². The van der Waals surface area contributed by atoms with Crippen molar-refractivity contribution < 1.29 is 13.2 Å². The zero-order chi connectivity index (χ0) is 12.3. The van der Waals surface area contributed by atoms with Crippen LogP contribution in [0.3, 0.4) is 0 Å². The largest absolute Gasteiger partial charge is 0.416 e. The fourth-order valence-corrected chi connectivity index (χ4v) is 1.25. The second-order valence-corrected chi connectivity index (χ2v) is 3.32. The van der Waals surface area contributed by atoms with Gasteiger partial charge in [0.25, 0.3) is 0 Å². The highest BCUT2D eigenvalue weighted by Gasteiger charge is 2.29. The third kappa shape index (κ3) is 2.93. The zero-order valence-electron chi connectivity index (χ0n) is 8.57. The van der Waals surface area contributed by atoms with Crippen molar-refractivity contribution in [3.8, 4) is 0 Å². The first-order valence-electron chi connectivity index (χ1n) is 4.76. The van der Waals surface area contributed by atoms with Crippen molar-refractivity contribution >= 4 is 12.2 Å². The molecule has 0 saturated heterocycles. The van der Waals surface area contributed by atoms with Gasteiger partial charge >= 0.3 is 6.18 Å². The van der Waals surface area contributed by atoms with Crippen LogP contribution in [0.1, 0.15) is 17.0 Å². The van der Waals surface area contributed by atoms with Crippen LogP contribution in [-0.2, 0) is 6.18 Å². The van der Waals surface area contributed by atoms with Crippen molar-refractivity contribution in [2.24, 2.45) is 0 Å². The van der Waals surface area contributed by atoms with Crippen LogP contribution in [0.5, 0.6) is 0 Å². The quantitative estimate of drug-likeness (QED) is 0.875. The lowest BCUT2D eigenvalue weighted by Crippen LogP contribution is -2.03. The molecule has 0 bridgehead atoms. The number of nitrogens with zero attached hydrogens (tertiary/aromatic N) is 2. The number of H-pyrrole nitrogens is 1. The molecule has 1 N–H and O–H groups in total. The number of halogens is 3. The summed E-state index contributed by atoms with van der Waals surface area (Å²) in [6.07, 6.45) is 0.343. The third-order valence-electron chi connectivity index (χ3n) is 2.11. The molecule has 1 aromatic heterocycles. The first kappa shape index (κ1) is 11.4. The Bertz CT molecular complexity index is 498. The molecular weight excluding hydrogens is 231 g/mol. The van der Waals surface area contributed by atoms with E-state index in [-0.39, 0.29) is 0 Å². The Morgan fingerprint density at radius 2 is 1.76 bits per heavy atom. The van der Waals surface area contributed by atoms with Crippen molar-refractivity contribution in [2.45, 2.75) is 6.18 Å². The van der Waals surface area contributed by atoms with Crippen LogP contribution in [0, 0.1) is 0 Å². The lowest BCUT2D eigenvalue weighted by Gasteiger charge is -2.05. The summed E-state index contributed by atoms with van der Waals surface area (Å²) < 4.78 is 36.9. The molecular formula is C11H8F3N3. The Balaban J connectivity index is 2.14. The topological polar surface area (TPSA) is 41.6 Å². The molecule has 3 nitrogen and oxygen atoms in total. The van der Waals surface area contributed by atoms with Gasteiger partial charge in [0.1, 0.15) is 12.2 Å². The van der Waals surface area contributed by atoms with Crippen molar-refractivity contribution in [3.63, 3.8) is 0 Å². The molecule has 6 heteroatoms. The molecule has 0 saturated carbocycles. The highest BCUT2D eigenvalue weighted by molar-refractivity contribution is 5.66. The Hall–Kier alpha value is -2.11. The maximum Gasteiger partial charge on any atom is 0.416 e. The summed E-state index contributed by atoms with van der Waals surface area (Å²) in [5.41, 5.74) is 0.00344. The predicted octanol–water partition coefficient (Wildman–Crippen LogP) is 2.99. The van der Waals surface area contributed by atoms with E-state index in [1.807, 2.05) is 0 Å². The average molecular weight is 239 g/mol. The number of hydrogen-bond acceptors (Lipinski definition) is 2. The maximum absolute atomic E-state index is 12.3. The van der Waals surface area contributed by atoms with Gasteiger partial charge < -0.3 is 0 Å². The van der Waals surface area contributed by atoms with E-state index in [2.05, 4.69) is 15.2 Å². The van der Waals surface area contributed by atoms with Crippen LogP contribution in [0.4, 0.5) is 13.2 Å². The lowest BCUT2D eigenvalue weighted by molar-refractivity contribution is -0.137. The molecule has 2 aromatic rings. The predicted molar refractivity (Wildman–Crippen MR) is 56.8 cm³/mol. The Kier molecular flexibility index (Phi) is 2.95. The second kappa shape index (κ2) is 4.40. The van der Waals surface area contributed by atoms with Gasteiger partial charge in [-0.05, 0) is 23.8 Å². The van der Waals surface area contributed by atoms with E-state index in [4.69, 9.17) is 0 Å². The van der Waals surface area contributed by atoms with E-state index in [1.54, 1.807) is 12.2 Å². The van der Waals surface area contributed by atoms with Gasteiger partial charge in [-0.15, -0.1) is 0 Å². The van der Waals surface area contributed by atoms with Crippen LogP contribution in [-0.4, -0.2) is 15.2 Å². The fraction of sp³-hybridized carbons (Fsp3) is 0.0909. The molecule has 88 valence electrons. The van der Waals surface area contributed by atoms with Crippen LogP contribution in [0.15, 0.2) is 30.6 Å². The van der Waals surface area contributed by atoms with Gasteiger partial charge in [0.05, 0.1) is 5.56 Å². The van der Waals surface area contributed by atoms with Crippen LogP contribution < -0.4 is 0 Å². The van der Waals surface area contributed by atoms with Crippen LogP contribution in [0.2, 0.25) is 0 Å². The van der Waals surface area contributed by atoms with Gasteiger partial charge in [0.2, 0.25) is 0 Å². The monoisotopic (exact) mass is 239 g/mol. The second-order valence-electron chi connectivity index (χ2n) is 3.32. The van der Waals surface area contributed by atoms with Crippen molar-refractivity contribution in [1.29, 1.82) is 0 Å². The standard InChI is InChI=1S/C11H8F3N3/c12-11(13,14)9-4-1-8(2-5-9)3-6-10-15-7-16-17-10/h1-7H,(H,15,16,17). The summed E-state index contributed by atoms with van der Waals surface area (Å²) in [7, 11) is 0. The summed E-state index contributed by atoms with van der Waals surface area (Å²) in [6.45, 7) is 0. The van der Waals surface area contributed by atoms with Gasteiger partial charge in [0, 0.05) is 0 Å². The molecule has 1 heterocycles. The van der Waals surface area contributed by atoms with Gasteiger partial charge in [0.15, 0.2) is 0 Å². The van der Waals surface area contributed by atoms with Crippen molar-refractivity contribution in [2.75, 3.05) is 0 Å². The molecule has 0 aliphatic rings. The van der Waals surface area contributed by atoms with E-state index in [1.165, 1.54) is 18.5 Å². The number of aromatic amines is 1. The zero-order valence-corrected chi connectivity index (χ0v) is 8.57. The minimum absolute atomic E-state index is 0.546. The van der Waals surface area contributed by atoms with Crippen molar-refractivity contribution in [1.82, 2.24) is 15.2 Å². The van der Waals surface area contributed by atoms with Gasteiger partial charge in [-0.3, -0.25) is 5.10 Å². The fourth-order valence-electron chi connectivity index (χ4n) is 1.25. The van der Waals surface area contributed by atoms with Crippen LogP contribution in [0.25, 0.3) is 12.2 Å². The Morgan fingerprint density at radius 1 is 1.06 bits per heavy atom. The summed E-state index contributed by atoms with van der Waals surface area (Å²) in [4.78, 5) is 3.85. The van der Waals surface area contributed by atoms with Crippen LogP contribution >= 0.6 is 0 Å². The number of rotatable bonds is 2.